The van der Waals surface area contributed by atoms with Crippen molar-refractivity contribution in [2.75, 3.05) is 0 Å². The van der Waals surface area contributed by atoms with E-state index < -0.39 is 0 Å². The first kappa shape index (κ1) is 12.8. The van der Waals surface area contributed by atoms with Gasteiger partial charge in [0.15, 0.2) is 0 Å². The Kier molecular flexibility index (Phi) is 4.16. The number of aryl methyl sites for hydroxylation is 1. The highest BCUT2D eigenvalue weighted by atomic mass is 14.9. The molecule has 2 N–H and O–H groups in total. The molecule has 0 saturated carbocycles. The van der Waals surface area contributed by atoms with Crippen LogP contribution in [-0.2, 0) is 0 Å². The Morgan fingerprint density at radius 2 is 1.39 bits per heavy atom. The fraction of sp³-hybridized carbons (Fsp3) is 0.294. The summed E-state index contributed by atoms with van der Waals surface area (Å²) in [5.41, 5.74) is 4.19. The van der Waals surface area contributed by atoms with Crippen LogP contribution >= 0.6 is 0 Å². The SMILES string of the molecule is Cc1ccccc1[C@@H](C)[NH2+][C@H](C)c1ccccc1. The van der Waals surface area contributed by atoms with Crippen LogP contribution in [-0.4, -0.2) is 0 Å². The fourth-order valence-electron chi connectivity index (χ4n) is 2.50. The first-order valence-corrected chi connectivity index (χ1v) is 6.64. The Hall–Kier alpha value is -1.60. The molecule has 18 heavy (non-hydrogen) atoms. The van der Waals surface area contributed by atoms with Gasteiger partial charge < -0.3 is 5.32 Å². The van der Waals surface area contributed by atoms with Crippen molar-refractivity contribution in [2.45, 2.75) is 32.9 Å². The van der Waals surface area contributed by atoms with Crippen molar-refractivity contribution in [2.24, 2.45) is 0 Å². The molecule has 0 saturated heterocycles. The smallest absolute Gasteiger partial charge is 0.109 e. The van der Waals surface area contributed by atoms with Crippen molar-refractivity contribution < 1.29 is 5.32 Å². The summed E-state index contributed by atoms with van der Waals surface area (Å²) in [6, 6.07) is 20.3. The molecule has 0 aromatic heterocycles. The number of rotatable bonds is 4. The lowest BCUT2D eigenvalue weighted by molar-refractivity contribution is -0.728. The normalized spacial score (nSPS) is 14.2. The fourth-order valence-corrected chi connectivity index (χ4v) is 2.50. The molecule has 2 atom stereocenters. The van der Waals surface area contributed by atoms with Gasteiger partial charge in [-0.15, -0.1) is 0 Å². The maximum absolute atomic E-state index is 2.43. The Morgan fingerprint density at radius 1 is 0.778 bits per heavy atom. The molecule has 0 unspecified atom stereocenters. The van der Waals surface area contributed by atoms with E-state index in [1.54, 1.807) is 0 Å². The highest BCUT2D eigenvalue weighted by Crippen LogP contribution is 2.15. The van der Waals surface area contributed by atoms with Gasteiger partial charge in [-0.25, -0.2) is 0 Å². The second-order valence-electron chi connectivity index (χ2n) is 5.04. The zero-order chi connectivity index (χ0) is 13.0. The second kappa shape index (κ2) is 5.83. The molecule has 1 heteroatoms. The van der Waals surface area contributed by atoms with Crippen LogP contribution in [0.15, 0.2) is 54.6 Å². The number of hydrogen-bond donors (Lipinski definition) is 1. The standard InChI is InChI=1S/C17H21N/c1-13-9-7-8-12-17(13)15(3)18-14(2)16-10-5-4-6-11-16/h4-12,14-15,18H,1-3H3/p+1/t14-,15-/m1/s1. The van der Waals surface area contributed by atoms with Gasteiger partial charge >= 0.3 is 0 Å². The lowest BCUT2D eigenvalue weighted by Gasteiger charge is -2.18. The van der Waals surface area contributed by atoms with E-state index in [2.05, 4.69) is 80.7 Å². The highest BCUT2D eigenvalue weighted by molar-refractivity contribution is 5.27. The minimum absolute atomic E-state index is 0.487. The molecule has 0 spiro atoms. The van der Waals surface area contributed by atoms with Gasteiger partial charge in [0.2, 0.25) is 0 Å². The molecule has 2 rings (SSSR count). The van der Waals surface area contributed by atoms with Crippen molar-refractivity contribution in [3.05, 3.63) is 71.3 Å². The van der Waals surface area contributed by atoms with E-state index in [1.165, 1.54) is 16.7 Å². The molecule has 1 nitrogen and oxygen atoms in total. The Morgan fingerprint density at radius 3 is 2.06 bits per heavy atom. The maximum atomic E-state index is 2.43. The molecule has 2 aromatic rings. The van der Waals surface area contributed by atoms with Crippen LogP contribution in [0.5, 0.6) is 0 Å². The maximum Gasteiger partial charge on any atom is 0.109 e. The van der Waals surface area contributed by atoms with Gasteiger partial charge in [-0.2, -0.15) is 0 Å². The Balaban J connectivity index is 2.08. The lowest BCUT2D eigenvalue weighted by Crippen LogP contribution is -2.85. The third kappa shape index (κ3) is 2.99. The topological polar surface area (TPSA) is 16.6 Å². The summed E-state index contributed by atoms with van der Waals surface area (Å²) in [5, 5.41) is 2.43. The van der Waals surface area contributed by atoms with Crippen LogP contribution in [0.1, 0.15) is 42.6 Å². The first-order chi connectivity index (χ1) is 8.68. The van der Waals surface area contributed by atoms with Gasteiger partial charge in [-0.3, -0.25) is 0 Å². The third-order valence-corrected chi connectivity index (χ3v) is 3.58. The van der Waals surface area contributed by atoms with Gasteiger partial charge in [0.25, 0.3) is 0 Å². The van der Waals surface area contributed by atoms with Gasteiger partial charge in [0.05, 0.1) is 0 Å². The Labute approximate surface area is 110 Å². The van der Waals surface area contributed by atoms with Crippen LogP contribution < -0.4 is 5.32 Å². The molecule has 0 aliphatic rings. The van der Waals surface area contributed by atoms with Crippen LogP contribution in [0.2, 0.25) is 0 Å². The molecule has 0 amide bonds. The van der Waals surface area contributed by atoms with Crippen molar-refractivity contribution >= 4 is 0 Å². The number of hydrogen-bond acceptors (Lipinski definition) is 0. The summed E-state index contributed by atoms with van der Waals surface area (Å²) in [5.74, 6) is 0. The second-order valence-corrected chi connectivity index (χ2v) is 5.04. The van der Waals surface area contributed by atoms with E-state index in [-0.39, 0.29) is 0 Å². The quantitative estimate of drug-likeness (QED) is 0.843. The summed E-state index contributed by atoms with van der Waals surface area (Å²) < 4.78 is 0. The summed E-state index contributed by atoms with van der Waals surface area (Å²) in [6.45, 7) is 6.73. The van der Waals surface area contributed by atoms with Gasteiger partial charge in [-0.1, -0.05) is 54.6 Å². The summed E-state index contributed by atoms with van der Waals surface area (Å²) in [7, 11) is 0. The average molecular weight is 240 g/mol. The van der Waals surface area contributed by atoms with Crippen molar-refractivity contribution in [1.29, 1.82) is 0 Å². The summed E-state index contributed by atoms with van der Waals surface area (Å²) in [6.07, 6.45) is 0. The predicted octanol–water partition coefficient (Wildman–Crippen LogP) is 3.38. The number of nitrogens with two attached hydrogens (primary N) is 1. The van der Waals surface area contributed by atoms with Crippen molar-refractivity contribution in [3.8, 4) is 0 Å². The molecular weight excluding hydrogens is 218 g/mol. The van der Waals surface area contributed by atoms with Crippen molar-refractivity contribution in [1.82, 2.24) is 0 Å². The summed E-state index contributed by atoms with van der Waals surface area (Å²) >= 11 is 0. The zero-order valence-electron chi connectivity index (χ0n) is 11.4. The first-order valence-electron chi connectivity index (χ1n) is 6.64. The van der Waals surface area contributed by atoms with Gasteiger partial charge in [-0.05, 0) is 26.3 Å². The molecule has 94 valence electrons. The van der Waals surface area contributed by atoms with Crippen LogP contribution in [0.4, 0.5) is 0 Å². The lowest BCUT2D eigenvalue weighted by atomic mass is 10.0. The highest BCUT2D eigenvalue weighted by Gasteiger charge is 2.15. The zero-order valence-corrected chi connectivity index (χ0v) is 11.4. The average Bonchev–Trinajstić information content (AvgIpc) is 2.40. The van der Waals surface area contributed by atoms with E-state index >= 15 is 0 Å². The minimum Gasteiger partial charge on any atom is -0.334 e. The van der Waals surface area contributed by atoms with Crippen LogP contribution in [0, 0.1) is 6.92 Å². The van der Waals surface area contributed by atoms with E-state index in [9.17, 15) is 0 Å². The molecule has 0 radical (unpaired) electrons. The van der Waals surface area contributed by atoms with Crippen LogP contribution in [0.25, 0.3) is 0 Å². The van der Waals surface area contributed by atoms with E-state index in [0.717, 1.165) is 0 Å². The Bertz CT molecular complexity index is 490. The monoisotopic (exact) mass is 240 g/mol. The van der Waals surface area contributed by atoms with Gasteiger partial charge in [0, 0.05) is 11.1 Å². The van der Waals surface area contributed by atoms with Gasteiger partial charge in [0.1, 0.15) is 12.1 Å². The molecule has 0 heterocycles. The molecule has 2 aromatic carbocycles. The summed E-state index contributed by atoms with van der Waals surface area (Å²) in [4.78, 5) is 0. The van der Waals surface area contributed by atoms with Crippen LogP contribution in [0.3, 0.4) is 0 Å². The van der Waals surface area contributed by atoms with E-state index in [4.69, 9.17) is 0 Å². The van der Waals surface area contributed by atoms with Crippen molar-refractivity contribution in [3.63, 3.8) is 0 Å². The molecule has 0 fully saturated rings. The minimum atomic E-state index is 0.487. The molecule has 0 aliphatic heterocycles. The predicted molar refractivity (Wildman–Crippen MR) is 76.4 cm³/mol. The third-order valence-electron chi connectivity index (χ3n) is 3.58. The largest absolute Gasteiger partial charge is 0.334 e. The molecule has 0 aliphatic carbocycles. The van der Waals surface area contributed by atoms with E-state index in [0.29, 0.717) is 12.1 Å². The number of quaternary nitrogens is 1. The molecule has 0 bridgehead atoms. The molecular formula is C17H22N+. The number of benzene rings is 2. The van der Waals surface area contributed by atoms with E-state index in [1.807, 2.05) is 0 Å².